The summed E-state index contributed by atoms with van der Waals surface area (Å²) in [6, 6.07) is 8.41. The second kappa shape index (κ2) is 7.57. The predicted octanol–water partition coefficient (Wildman–Crippen LogP) is 3.05. The Morgan fingerprint density at radius 1 is 1.35 bits per heavy atom. The van der Waals surface area contributed by atoms with Crippen LogP contribution in [-0.2, 0) is 6.42 Å². The lowest BCUT2D eigenvalue weighted by Crippen LogP contribution is -2.15. The molecule has 0 saturated carbocycles. The van der Waals surface area contributed by atoms with Crippen LogP contribution in [0.5, 0.6) is 5.75 Å². The van der Waals surface area contributed by atoms with Crippen molar-refractivity contribution in [3.05, 3.63) is 29.8 Å². The quantitative estimate of drug-likeness (QED) is 0.873. The summed E-state index contributed by atoms with van der Waals surface area (Å²) >= 11 is 0. The van der Waals surface area contributed by atoms with Gasteiger partial charge in [-0.1, -0.05) is 31.5 Å². The molecule has 17 heavy (non-hydrogen) atoms. The van der Waals surface area contributed by atoms with E-state index in [0.29, 0.717) is 5.92 Å². The number of hydrogen-bond donors (Lipinski definition) is 1. The maximum Gasteiger partial charge on any atom is 0.122 e. The summed E-state index contributed by atoms with van der Waals surface area (Å²) in [5.74, 6) is 1.77. The van der Waals surface area contributed by atoms with Crippen LogP contribution in [0.25, 0.3) is 0 Å². The molecule has 2 nitrogen and oxygen atoms in total. The van der Waals surface area contributed by atoms with Gasteiger partial charge in [0.05, 0.1) is 6.61 Å². The molecule has 3 heteroatoms. The van der Waals surface area contributed by atoms with Gasteiger partial charge in [-0.2, -0.15) is 0 Å². The Morgan fingerprint density at radius 2 is 2.18 bits per heavy atom. The molecule has 1 aromatic carbocycles. The molecule has 1 saturated heterocycles. The van der Waals surface area contributed by atoms with E-state index < -0.39 is 0 Å². The van der Waals surface area contributed by atoms with E-state index in [0.717, 1.165) is 31.9 Å². The summed E-state index contributed by atoms with van der Waals surface area (Å²) in [5.41, 5.74) is 1.34. The first-order valence-electron chi connectivity index (χ1n) is 6.31. The van der Waals surface area contributed by atoms with E-state index in [1.807, 2.05) is 0 Å². The number of para-hydroxylation sites is 1. The monoisotopic (exact) mass is 255 g/mol. The van der Waals surface area contributed by atoms with Crippen LogP contribution in [0, 0.1) is 5.92 Å². The lowest BCUT2D eigenvalue weighted by atomic mass is 10.1. The van der Waals surface area contributed by atoms with Crippen LogP contribution in [0.3, 0.4) is 0 Å². The number of hydrogen-bond acceptors (Lipinski definition) is 2. The van der Waals surface area contributed by atoms with Gasteiger partial charge < -0.3 is 10.1 Å². The van der Waals surface area contributed by atoms with Crippen molar-refractivity contribution in [2.45, 2.75) is 26.2 Å². The van der Waals surface area contributed by atoms with Gasteiger partial charge in [-0.3, -0.25) is 0 Å². The van der Waals surface area contributed by atoms with Crippen LogP contribution < -0.4 is 10.1 Å². The maximum atomic E-state index is 5.93. The van der Waals surface area contributed by atoms with E-state index in [-0.39, 0.29) is 12.4 Å². The zero-order valence-corrected chi connectivity index (χ0v) is 11.3. The van der Waals surface area contributed by atoms with E-state index in [4.69, 9.17) is 4.74 Å². The molecule has 0 spiro atoms. The summed E-state index contributed by atoms with van der Waals surface area (Å²) in [6.45, 7) is 5.31. The molecule has 0 amide bonds. The fourth-order valence-electron chi connectivity index (χ4n) is 2.18. The molecule has 0 aliphatic carbocycles. The highest BCUT2D eigenvalue weighted by atomic mass is 35.5. The molecule has 0 bridgehead atoms. The highest BCUT2D eigenvalue weighted by Crippen LogP contribution is 2.21. The molecule has 1 aromatic rings. The normalized spacial score (nSPS) is 18.8. The molecule has 1 unspecified atom stereocenters. The Balaban J connectivity index is 0.00000144. The number of aryl methyl sites for hydroxylation is 1. The summed E-state index contributed by atoms with van der Waals surface area (Å²) < 4.78 is 5.93. The molecular formula is C14H22ClNO. The molecular weight excluding hydrogens is 234 g/mol. The second-order valence-corrected chi connectivity index (χ2v) is 4.53. The van der Waals surface area contributed by atoms with Crippen LogP contribution in [0.2, 0.25) is 0 Å². The standard InChI is InChI=1S/C14H21NO.ClH/c1-2-5-13-6-3-4-7-14(13)16-11-12-8-9-15-10-12;/h3-4,6-7,12,15H,2,5,8-11H2,1H3;1H. The smallest absolute Gasteiger partial charge is 0.122 e. The number of ether oxygens (including phenoxy) is 1. The van der Waals surface area contributed by atoms with E-state index in [2.05, 4.69) is 36.5 Å². The fourth-order valence-corrected chi connectivity index (χ4v) is 2.18. The second-order valence-electron chi connectivity index (χ2n) is 4.53. The third kappa shape index (κ3) is 4.21. The van der Waals surface area contributed by atoms with Gasteiger partial charge in [-0.05, 0) is 31.0 Å². The minimum atomic E-state index is 0. The van der Waals surface area contributed by atoms with Gasteiger partial charge in [0.25, 0.3) is 0 Å². The molecule has 0 aromatic heterocycles. The van der Waals surface area contributed by atoms with E-state index in [1.165, 1.54) is 18.4 Å². The van der Waals surface area contributed by atoms with E-state index in [9.17, 15) is 0 Å². The molecule has 1 fully saturated rings. The summed E-state index contributed by atoms with van der Waals surface area (Å²) in [5, 5.41) is 3.37. The molecule has 1 aliphatic heterocycles. The Labute approximate surface area is 110 Å². The Morgan fingerprint density at radius 3 is 2.88 bits per heavy atom. The minimum Gasteiger partial charge on any atom is -0.493 e. The van der Waals surface area contributed by atoms with Crippen LogP contribution in [0.1, 0.15) is 25.3 Å². The molecule has 2 rings (SSSR count). The fraction of sp³-hybridized carbons (Fsp3) is 0.571. The van der Waals surface area contributed by atoms with E-state index in [1.54, 1.807) is 0 Å². The van der Waals surface area contributed by atoms with Crippen LogP contribution in [-0.4, -0.2) is 19.7 Å². The van der Waals surface area contributed by atoms with Crippen molar-refractivity contribution in [2.24, 2.45) is 5.92 Å². The van der Waals surface area contributed by atoms with E-state index >= 15 is 0 Å². The van der Waals surface area contributed by atoms with Crippen LogP contribution in [0.4, 0.5) is 0 Å². The predicted molar refractivity (Wildman–Crippen MR) is 74.2 cm³/mol. The highest BCUT2D eigenvalue weighted by molar-refractivity contribution is 5.85. The zero-order chi connectivity index (χ0) is 11.2. The van der Waals surface area contributed by atoms with Crippen LogP contribution in [0.15, 0.2) is 24.3 Å². The summed E-state index contributed by atoms with van der Waals surface area (Å²) in [4.78, 5) is 0. The first-order chi connectivity index (χ1) is 7.90. The van der Waals surface area contributed by atoms with Crippen molar-refractivity contribution in [3.8, 4) is 5.75 Å². The minimum absolute atomic E-state index is 0. The topological polar surface area (TPSA) is 21.3 Å². The number of benzene rings is 1. The van der Waals surface area contributed by atoms with Crippen molar-refractivity contribution >= 4 is 12.4 Å². The number of nitrogens with one attached hydrogen (secondary N) is 1. The Hall–Kier alpha value is -0.730. The third-order valence-electron chi connectivity index (χ3n) is 3.13. The average Bonchev–Trinajstić information content (AvgIpc) is 2.81. The molecule has 1 atom stereocenters. The Kier molecular flexibility index (Phi) is 6.38. The molecule has 1 N–H and O–H groups in total. The van der Waals surface area contributed by atoms with Gasteiger partial charge >= 0.3 is 0 Å². The van der Waals surface area contributed by atoms with Crippen molar-refractivity contribution < 1.29 is 4.74 Å². The molecule has 1 heterocycles. The van der Waals surface area contributed by atoms with Gasteiger partial charge in [-0.15, -0.1) is 12.4 Å². The van der Waals surface area contributed by atoms with Crippen molar-refractivity contribution in [1.29, 1.82) is 0 Å². The first-order valence-corrected chi connectivity index (χ1v) is 6.31. The molecule has 0 radical (unpaired) electrons. The lowest BCUT2D eigenvalue weighted by Gasteiger charge is -2.13. The summed E-state index contributed by atoms with van der Waals surface area (Å²) in [7, 11) is 0. The van der Waals surface area contributed by atoms with Crippen LogP contribution >= 0.6 is 12.4 Å². The maximum absolute atomic E-state index is 5.93. The van der Waals surface area contributed by atoms with Crippen molar-refractivity contribution in [2.75, 3.05) is 19.7 Å². The van der Waals surface area contributed by atoms with Crippen molar-refractivity contribution in [3.63, 3.8) is 0 Å². The molecule has 96 valence electrons. The van der Waals surface area contributed by atoms with Gasteiger partial charge in [-0.25, -0.2) is 0 Å². The first kappa shape index (κ1) is 14.3. The van der Waals surface area contributed by atoms with Gasteiger partial charge in [0.1, 0.15) is 5.75 Å². The number of halogens is 1. The van der Waals surface area contributed by atoms with Gasteiger partial charge in [0, 0.05) is 12.5 Å². The zero-order valence-electron chi connectivity index (χ0n) is 10.4. The number of rotatable bonds is 5. The van der Waals surface area contributed by atoms with Gasteiger partial charge in [0.15, 0.2) is 0 Å². The summed E-state index contributed by atoms with van der Waals surface area (Å²) in [6.07, 6.45) is 3.53. The third-order valence-corrected chi connectivity index (χ3v) is 3.13. The van der Waals surface area contributed by atoms with Gasteiger partial charge in [0.2, 0.25) is 0 Å². The lowest BCUT2D eigenvalue weighted by molar-refractivity contribution is 0.257. The Bertz CT molecular complexity index is 324. The largest absolute Gasteiger partial charge is 0.493 e. The SMILES string of the molecule is CCCc1ccccc1OCC1CCNC1.Cl. The van der Waals surface area contributed by atoms with Crippen molar-refractivity contribution in [1.82, 2.24) is 5.32 Å². The molecule has 1 aliphatic rings. The average molecular weight is 256 g/mol. The highest BCUT2D eigenvalue weighted by Gasteiger charge is 2.15.